The van der Waals surface area contributed by atoms with Crippen LogP contribution in [0.25, 0.3) is 0 Å². The molecule has 200 valence electrons. The number of rotatable bonds is 4. The Bertz CT molecular complexity index is 1170. The Morgan fingerprint density at radius 2 is 1.97 bits per heavy atom. The number of allylic oxidation sites excluding steroid dienone is 4. The fourth-order valence-electron chi connectivity index (χ4n) is 8.14. The summed E-state index contributed by atoms with van der Waals surface area (Å²) in [5.41, 5.74) is -5.18. The number of halogens is 1. The highest BCUT2D eigenvalue weighted by Gasteiger charge is 2.76. The van der Waals surface area contributed by atoms with Crippen molar-refractivity contribution < 1.29 is 33.7 Å². The molecule has 0 spiro atoms. The molecule has 4 aliphatic carbocycles. The number of carbonyl (C=O) groups excluding carboxylic acids is 3. The van der Waals surface area contributed by atoms with Crippen molar-refractivity contribution in [3.8, 4) is 0 Å². The van der Waals surface area contributed by atoms with Crippen LogP contribution in [0.2, 0.25) is 0 Å². The molecule has 1 heterocycles. The first-order valence-corrected chi connectivity index (χ1v) is 13.1. The topological polar surface area (TPSA) is 104 Å². The molecule has 5 rings (SSSR count). The van der Waals surface area contributed by atoms with Crippen LogP contribution in [-0.4, -0.2) is 70.2 Å². The first kappa shape index (κ1) is 26.0. The van der Waals surface area contributed by atoms with Gasteiger partial charge in [0.15, 0.2) is 11.5 Å². The van der Waals surface area contributed by atoms with Gasteiger partial charge in [-0.2, -0.15) is 0 Å². The van der Waals surface area contributed by atoms with Gasteiger partial charge in [-0.25, -0.2) is 9.18 Å². The second kappa shape index (κ2) is 8.46. The summed E-state index contributed by atoms with van der Waals surface area (Å²) < 4.78 is 22.5. The van der Waals surface area contributed by atoms with Crippen LogP contribution in [0.3, 0.4) is 0 Å². The number of aliphatic hydroxyl groups is 2. The Labute approximate surface area is 216 Å². The van der Waals surface area contributed by atoms with E-state index in [1.807, 2.05) is 36.4 Å². The highest BCUT2D eigenvalue weighted by atomic mass is 19.1. The Morgan fingerprint density at radius 1 is 1.24 bits per heavy atom. The van der Waals surface area contributed by atoms with Gasteiger partial charge in [-0.3, -0.25) is 9.59 Å². The summed E-state index contributed by atoms with van der Waals surface area (Å²) in [5.74, 6) is -4.06. The van der Waals surface area contributed by atoms with Crippen LogP contribution in [0, 0.1) is 28.6 Å². The number of likely N-dealkylation sites (N-methyl/N-ethyl adjacent to an activating group) is 1. The molecule has 5 aliphatic rings. The van der Waals surface area contributed by atoms with Crippen LogP contribution in [-0.2, 0) is 19.1 Å². The second-order valence-corrected chi connectivity index (χ2v) is 12.1. The number of hydrogen-bond acceptors (Lipinski definition) is 7. The van der Waals surface area contributed by atoms with Gasteiger partial charge in [-0.15, -0.1) is 0 Å². The van der Waals surface area contributed by atoms with Gasteiger partial charge in [0.1, 0.15) is 12.2 Å². The van der Waals surface area contributed by atoms with Crippen molar-refractivity contribution in [1.82, 2.24) is 4.90 Å². The molecule has 0 radical (unpaired) electrons. The maximum atomic E-state index is 17.2. The molecule has 8 atom stereocenters. The van der Waals surface area contributed by atoms with Crippen LogP contribution in [0.4, 0.5) is 4.39 Å². The van der Waals surface area contributed by atoms with Crippen LogP contribution >= 0.6 is 0 Å². The number of esters is 1. The lowest BCUT2D eigenvalue weighted by Gasteiger charge is -2.61. The van der Waals surface area contributed by atoms with E-state index in [0.29, 0.717) is 12.0 Å². The predicted molar refractivity (Wildman–Crippen MR) is 134 cm³/mol. The Morgan fingerprint density at radius 3 is 2.68 bits per heavy atom. The molecule has 0 aromatic carbocycles. The number of fused-ring (bicyclic) bond motifs is 5. The van der Waals surface area contributed by atoms with Gasteiger partial charge < -0.3 is 19.8 Å². The third kappa shape index (κ3) is 3.41. The van der Waals surface area contributed by atoms with Crippen LogP contribution in [0.5, 0.6) is 0 Å². The van der Waals surface area contributed by atoms with Crippen LogP contribution in [0.15, 0.2) is 47.7 Å². The first-order valence-electron chi connectivity index (χ1n) is 13.1. The van der Waals surface area contributed by atoms with Crippen molar-refractivity contribution >= 4 is 17.5 Å². The summed E-state index contributed by atoms with van der Waals surface area (Å²) in [5, 5.41) is 23.4. The van der Waals surface area contributed by atoms with E-state index in [0.717, 1.165) is 12.1 Å². The summed E-state index contributed by atoms with van der Waals surface area (Å²) in [6, 6.07) is 0. The smallest absolute Gasteiger partial charge is 0.378 e. The van der Waals surface area contributed by atoms with E-state index in [1.54, 1.807) is 26.8 Å². The highest BCUT2D eigenvalue weighted by Crippen LogP contribution is 2.70. The lowest BCUT2D eigenvalue weighted by atomic mass is 9.45. The first-order chi connectivity index (χ1) is 17.3. The van der Waals surface area contributed by atoms with Crippen molar-refractivity contribution in [2.24, 2.45) is 28.6 Å². The van der Waals surface area contributed by atoms with E-state index in [1.165, 1.54) is 6.08 Å². The molecular formula is C29H36FNO6. The summed E-state index contributed by atoms with van der Waals surface area (Å²) in [6.45, 7) is 5.74. The fraction of sp³-hybridized carbons (Fsp3) is 0.621. The number of aliphatic hydroxyl groups excluding tert-OH is 1. The molecular weight excluding hydrogens is 477 g/mol. The van der Waals surface area contributed by atoms with Crippen molar-refractivity contribution in [3.05, 3.63) is 47.7 Å². The molecule has 0 aromatic rings. The van der Waals surface area contributed by atoms with E-state index < -0.39 is 57.7 Å². The van der Waals surface area contributed by atoms with E-state index in [4.69, 9.17) is 4.74 Å². The molecule has 2 saturated carbocycles. The Hall–Kier alpha value is -2.58. The van der Waals surface area contributed by atoms with E-state index in [2.05, 4.69) is 0 Å². The molecule has 37 heavy (non-hydrogen) atoms. The monoisotopic (exact) mass is 513 g/mol. The molecule has 0 saturated heterocycles. The average molecular weight is 514 g/mol. The lowest BCUT2D eigenvalue weighted by Crippen LogP contribution is -2.69. The van der Waals surface area contributed by atoms with Gasteiger partial charge in [0.2, 0.25) is 0 Å². The molecule has 2 N–H and O–H groups in total. The number of carbonyl (C=O) groups is 3. The van der Waals surface area contributed by atoms with Crippen molar-refractivity contribution in [1.29, 1.82) is 0 Å². The van der Waals surface area contributed by atoms with Gasteiger partial charge in [-0.05, 0) is 44.1 Å². The lowest BCUT2D eigenvalue weighted by molar-refractivity contribution is -0.215. The summed E-state index contributed by atoms with van der Waals surface area (Å²) in [6.07, 6.45) is 9.45. The van der Waals surface area contributed by atoms with Gasteiger partial charge >= 0.3 is 5.97 Å². The molecule has 0 aromatic heterocycles. The third-order valence-electron chi connectivity index (χ3n) is 10.2. The third-order valence-corrected chi connectivity index (χ3v) is 10.2. The minimum Gasteiger partial charge on any atom is -0.455 e. The van der Waals surface area contributed by atoms with Crippen molar-refractivity contribution in [2.75, 3.05) is 20.2 Å². The standard InChI is InChI=1S/C29H36FNO6/c1-17-12-22-21-8-7-19-13-20(32)9-10-26(19,2)28(21,30)23(33)14-27(22,3)29(17,36)24(34)25(35)37-16-18-6-5-11-31(4)15-18/h5-7,9-10,15,17,21-23,33,36H,8,11-14,16H2,1-4H3/t17-,21?,22?,23?,26?,27?,28+,29+/m1/s1. The SMILES string of the molecule is C[C@@H]1CC2C3CC=C4CC(=O)C=CC4(C)[C@@]3(F)C(O)CC2(C)[C@@]1(O)C(=O)C(=O)OCC1=CN(C)CC=C1. The zero-order valence-electron chi connectivity index (χ0n) is 21.9. The number of hydrogen-bond donors (Lipinski definition) is 2. The van der Waals surface area contributed by atoms with Crippen molar-refractivity contribution in [3.63, 3.8) is 0 Å². The Kier molecular flexibility index (Phi) is 5.96. The predicted octanol–water partition coefficient (Wildman–Crippen LogP) is 2.83. The number of ketones is 2. The molecule has 0 bridgehead atoms. The van der Waals surface area contributed by atoms with E-state index in [9.17, 15) is 24.6 Å². The minimum atomic E-state index is -2.10. The van der Waals surface area contributed by atoms with Crippen LogP contribution < -0.4 is 0 Å². The zero-order valence-corrected chi connectivity index (χ0v) is 21.9. The van der Waals surface area contributed by atoms with Gasteiger partial charge in [0.05, 0.1) is 6.10 Å². The zero-order chi connectivity index (χ0) is 27.0. The Balaban J connectivity index is 1.45. The molecule has 7 nitrogen and oxygen atoms in total. The maximum Gasteiger partial charge on any atom is 0.378 e. The number of ether oxygens (including phenoxy) is 1. The fourth-order valence-corrected chi connectivity index (χ4v) is 8.14. The average Bonchev–Trinajstić information content (AvgIpc) is 3.05. The summed E-state index contributed by atoms with van der Waals surface area (Å²) in [7, 11) is 1.88. The molecule has 5 unspecified atom stereocenters. The van der Waals surface area contributed by atoms with Crippen LogP contribution in [0.1, 0.15) is 46.5 Å². The number of nitrogens with zero attached hydrogens (tertiary/aromatic N) is 1. The van der Waals surface area contributed by atoms with Gasteiger partial charge in [0, 0.05) is 48.5 Å². The minimum absolute atomic E-state index is 0.0972. The molecule has 2 fully saturated rings. The molecule has 1 aliphatic heterocycles. The van der Waals surface area contributed by atoms with Crippen molar-refractivity contribution in [2.45, 2.75) is 63.8 Å². The molecule has 8 heteroatoms. The molecule has 0 amide bonds. The summed E-state index contributed by atoms with van der Waals surface area (Å²) in [4.78, 5) is 40.4. The van der Waals surface area contributed by atoms with E-state index in [-0.39, 0.29) is 31.7 Å². The second-order valence-electron chi connectivity index (χ2n) is 12.1. The highest BCUT2D eigenvalue weighted by molar-refractivity contribution is 6.37. The number of alkyl halides is 1. The van der Waals surface area contributed by atoms with Gasteiger partial charge in [0.25, 0.3) is 5.78 Å². The van der Waals surface area contributed by atoms with E-state index >= 15 is 4.39 Å². The maximum absolute atomic E-state index is 17.2. The largest absolute Gasteiger partial charge is 0.455 e. The quantitative estimate of drug-likeness (QED) is 0.338. The number of Topliss-reactive ketones (excluding diaryl/α,β-unsaturated/α-hetero) is 1. The normalized spacial score (nSPS) is 44.4. The summed E-state index contributed by atoms with van der Waals surface area (Å²) >= 11 is 0. The van der Waals surface area contributed by atoms with Gasteiger partial charge in [-0.1, -0.05) is 43.7 Å².